The highest BCUT2D eigenvalue weighted by molar-refractivity contribution is 5.99. The van der Waals surface area contributed by atoms with E-state index in [1.807, 2.05) is 0 Å². The van der Waals surface area contributed by atoms with Crippen LogP contribution in [0.3, 0.4) is 0 Å². The van der Waals surface area contributed by atoms with Crippen LogP contribution in [0.1, 0.15) is 36.7 Å². The van der Waals surface area contributed by atoms with Crippen molar-refractivity contribution >= 4 is 17.6 Å². The van der Waals surface area contributed by atoms with E-state index >= 15 is 0 Å². The van der Waals surface area contributed by atoms with E-state index in [0.29, 0.717) is 17.0 Å². The number of benzene rings is 2. The van der Waals surface area contributed by atoms with E-state index in [2.05, 4.69) is 5.32 Å². The second-order valence-corrected chi connectivity index (χ2v) is 6.76. The van der Waals surface area contributed by atoms with Gasteiger partial charge in [0.2, 0.25) is 0 Å². The average molecular weight is 359 g/mol. The summed E-state index contributed by atoms with van der Waals surface area (Å²) < 4.78 is 23.8. The summed E-state index contributed by atoms with van der Waals surface area (Å²) in [4.78, 5) is 24.5. The van der Waals surface area contributed by atoms with E-state index < -0.39 is 17.5 Å². The lowest BCUT2D eigenvalue weighted by molar-refractivity contribution is 0.0635. The molecule has 1 N–H and O–H groups in total. The maximum Gasteiger partial charge on any atom is 0.412 e. The Bertz CT molecular complexity index is 812. The van der Waals surface area contributed by atoms with Crippen molar-refractivity contribution in [2.24, 2.45) is 0 Å². The third-order valence-corrected chi connectivity index (χ3v) is 3.45. The molecule has 1 amide bonds. The Morgan fingerprint density at radius 1 is 1.12 bits per heavy atom. The van der Waals surface area contributed by atoms with Crippen molar-refractivity contribution in [2.75, 3.05) is 12.4 Å². The minimum Gasteiger partial charge on any atom is -0.497 e. The number of rotatable bonds is 5. The quantitative estimate of drug-likeness (QED) is 0.792. The first-order valence-electron chi connectivity index (χ1n) is 8.13. The summed E-state index contributed by atoms with van der Waals surface area (Å²) in [5.74, 6) is -0.208. The molecular formula is C20H22FNO4. The first-order valence-corrected chi connectivity index (χ1v) is 8.13. The molecule has 0 bridgehead atoms. The number of amides is 1. The number of nitrogens with one attached hydrogen (secondary N) is 1. The molecule has 0 unspecified atom stereocenters. The molecule has 0 aliphatic rings. The Labute approximate surface area is 152 Å². The summed E-state index contributed by atoms with van der Waals surface area (Å²) in [7, 11) is 1.51. The highest BCUT2D eigenvalue weighted by Crippen LogP contribution is 2.24. The lowest BCUT2D eigenvalue weighted by atomic mass is 10.0. The molecule has 0 aliphatic heterocycles. The van der Waals surface area contributed by atoms with Gasteiger partial charge in [-0.3, -0.25) is 10.1 Å². The van der Waals surface area contributed by atoms with E-state index in [4.69, 9.17) is 9.47 Å². The molecule has 0 heterocycles. The van der Waals surface area contributed by atoms with Gasteiger partial charge in [-0.05, 0) is 56.7 Å². The van der Waals surface area contributed by atoms with Crippen molar-refractivity contribution in [3.63, 3.8) is 0 Å². The van der Waals surface area contributed by atoms with Gasteiger partial charge in [-0.2, -0.15) is 0 Å². The van der Waals surface area contributed by atoms with Gasteiger partial charge in [0.1, 0.15) is 17.2 Å². The van der Waals surface area contributed by atoms with Crippen molar-refractivity contribution < 1.29 is 23.5 Å². The zero-order valence-corrected chi connectivity index (χ0v) is 15.3. The molecule has 0 aliphatic carbocycles. The summed E-state index contributed by atoms with van der Waals surface area (Å²) >= 11 is 0. The van der Waals surface area contributed by atoms with E-state index in [-0.39, 0.29) is 17.8 Å². The number of hydrogen-bond acceptors (Lipinski definition) is 4. The van der Waals surface area contributed by atoms with E-state index in [9.17, 15) is 14.0 Å². The number of methoxy groups -OCH3 is 1. The molecule has 138 valence electrons. The smallest absolute Gasteiger partial charge is 0.412 e. The molecule has 0 fully saturated rings. The lowest BCUT2D eigenvalue weighted by Crippen LogP contribution is -2.27. The third-order valence-electron chi connectivity index (χ3n) is 3.45. The monoisotopic (exact) mass is 359 g/mol. The van der Waals surface area contributed by atoms with E-state index in [0.717, 1.165) is 0 Å². The molecule has 0 saturated heterocycles. The SMILES string of the molecule is COc1ccc(NC(=O)OC(C)(C)C)c(CC(=O)c2cccc(F)c2)c1. The molecule has 0 saturated carbocycles. The van der Waals surface area contributed by atoms with Crippen LogP contribution in [0.2, 0.25) is 0 Å². The van der Waals surface area contributed by atoms with Gasteiger partial charge >= 0.3 is 6.09 Å². The Hall–Kier alpha value is -2.89. The molecule has 2 aromatic rings. The Morgan fingerprint density at radius 2 is 1.85 bits per heavy atom. The van der Waals surface area contributed by atoms with Crippen LogP contribution in [0.15, 0.2) is 42.5 Å². The topological polar surface area (TPSA) is 64.6 Å². The van der Waals surface area contributed by atoms with Crippen molar-refractivity contribution in [3.8, 4) is 5.75 Å². The van der Waals surface area contributed by atoms with Crippen LogP contribution in [0.4, 0.5) is 14.9 Å². The molecule has 26 heavy (non-hydrogen) atoms. The molecule has 0 spiro atoms. The maximum absolute atomic E-state index is 13.3. The molecule has 2 aromatic carbocycles. The van der Waals surface area contributed by atoms with Crippen LogP contribution in [0, 0.1) is 5.82 Å². The van der Waals surface area contributed by atoms with Crippen LogP contribution in [-0.4, -0.2) is 24.6 Å². The van der Waals surface area contributed by atoms with Gasteiger partial charge in [-0.15, -0.1) is 0 Å². The average Bonchev–Trinajstić information content (AvgIpc) is 2.54. The first kappa shape index (κ1) is 19.4. The molecule has 5 nitrogen and oxygen atoms in total. The molecule has 6 heteroatoms. The van der Waals surface area contributed by atoms with Gasteiger partial charge in [0, 0.05) is 17.7 Å². The molecule has 2 rings (SSSR count). The first-order chi connectivity index (χ1) is 12.2. The second-order valence-electron chi connectivity index (χ2n) is 6.76. The number of halogens is 1. The van der Waals surface area contributed by atoms with Crippen LogP contribution in [0.5, 0.6) is 5.75 Å². The Balaban J connectivity index is 2.25. The fourth-order valence-electron chi connectivity index (χ4n) is 2.32. The number of Topliss-reactive ketones (excluding diaryl/α,β-unsaturated/α-hetero) is 1. The van der Waals surface area contributed by atoms with Crippen LogP contribution in [-0.2, 0) is 11.2 Å². The normalized spacial score (nSPS) is 11.0. The minimum absolute atomic E-state index is 0.0220. The van der Waals surface area contributed by atoms with Gasteiger partial charge < -0.3 is 9.47 Å². The standard InChI is InChI=1S/C20H22FNO4/c1-20(2,3)26-19(24)22-17-9-8-16(25-4)11-14(17)12-18(23)13-6-5-7-15(21)10-13/h5-11H,12H2,1-4H3,(H,22,24). The highest BCUT2D eigenvalue weighted by Gasteiger charge is 2.18. The lowest BCUT2D eigenvalue weighted by Gasteiger charge is -2.20. The zero-order valence-electron chi connectivity index (χ0n) is 15.3. The van der Waals surface area contributed by atoms with Crippen molar-refractivity contribution in [1.82, 2.24) is 0 Å². The minimum atomic E-state index is -0.645. The Kier molecular flexibility index (Phi) is 5.97. The van der Waals surface area contributed by atoms with Crippen molar-refractivity contribution in [3.05, 3.63) is 59.4 Å². The zero-order chi connectivity index (χ0) is 19.3. The maximum atomic E-state index is 13.3. The molecule has 0 atom stereocenters. The van der Waals surface area contributed by atoms with E-state index in [1.54, 1.807) is 45.0 Å². The number of carbonyl (C=O) groups excluding carboxylic acids is 2. The summed E-state index contributed by atoms with van der Waals surface area (Å²) in [6.45, 7) is 5.28. The fourth-order valence-corrected chi connectivity index (χ4v) is 2.32. The van der Waals surface area contributed by atoms with Crippen molar-refractivity contribution in [1.29, 1.82) is 0 Å². The highest BCUT2D eigenvalue weighted by atomic mass is 19.1. The predicted octanol–water partition coefficient (Wildman–Crippen LogP) is 4.61. The van der Waals surface area contributed by atoms with E-state index in [1.165, 1.54) is 25.3 Å². The second kappa shape index (κ2) is 7.99. The molecule has 0 aromatic heterocycles. The summed E-state index contributed by atoms with van der Waals surface area (Å²) in [5, 5.41) is 2.64. The third kappa shape index (κ3) is 5.58. The van der Waals surface area contributed by atoms with Crippen LogP contribution < -0.4 is 10.1 Å². The van der Waals surface area contributed by atoms with Gasteiger partial charge in [-0.1, -0.05) is 12.1 Å². The number of carbonyl (C=O) groups is 2. The summed E-state index contributed by atoms with van der Waals surface area (Å²) in [6.07, 6.45) is -0.645. The van der Waals surface area contributed by atoms with Gasteiger partial charge in [0.05, 0.1) is 7.11 Å². The van der Waals surface area contributed by atoms with Gasteiger partial charge in [-0.25, -0.2) is 9.18 Å². The predicted molar refractivity (Wildman–Crippen MR) is 97.3 cm³/mol. The largest absolute Gasteiger partial charge is 0.497 e. The summed E-state index contributed by atoms with van der Waals surface area (Å²) in [6, 6.07) is 10.4. The fraction of sp³-hybridized carbons (Fsp3) is 0.300. The summed E-state index contributed by atoms with van der Waals surface area (Å²) in [5.41, 5.74) is 0.596. The molecule has 0 radical (unpaired) electrons. The molecular weight excluding hydrogens is 337 g/mol. The number of anilines is 1. The van der Waals surface area contributed by atoms with Crippen LogP contribution >= 0.6 is 0 Å². The number of ether oxygens (including phenoxy) is 2. The van der Waals surface area contributed by atoms with Gasteiger partial charge in [0.25, 0.3) is 0 Å². The number of ketones is 1. The van der Waals surface area contributed by atoms with Gasteiger partial charge in [0.15, 0.2) is 5.78 Å². The number of hydrogen-bond donors (Lipinski definition) is 1. The Morgan fingerprint density at radius 3 is 2.46 bits per heavy atom. The van der Waals surface area contributed by atoms with Crippen molar-refractivity contribution in [2.45, 2.75) is 32.8 Å². The van der Waals surface area contributed by atoms with Crippen LogP contribution in [0.25, 0.3) is 0 Å².